The van der Waals surface area contributed by atoms with E-state index in [1.165, 1.54) is 0 Å². The minimum absolute atomic E-state index is 0.175. The molecular formula is C14H23F3N2O2. The van der Waals surface area contributed by atoms with Crippen LogP contribution in [0, 0.1) is 0 Å². The molecule has 0 fully saturated rings. The highest BCUT2D eigenvalue weighted by Crippen LogP contribution is 2.28. The van der Waals surface area contributed by atoms with Gasteiger partial charge in [-0.05, 0) is 31.2 Å². The highest BCUT2D eigenvalue weighted by Gasteiger charge is 2.30. The van der Waals surface area contributed by atoms with Crippen LogP contribution in [0.25, 0.3) is 0 Å². The molecule has 3 N–H and O–H groups in total. The van der Waals surface area contributed by atoms with Gasteiger partial charge >= 0.3 is 6.18 Å². The Morgan fingerprint density at radius 2 is 1.57 bits per heavy atom. The number of hydrazine groups is 1. The zero-order valence-corrected chi connectivity index (χ0v) is 12.7. The Morgan fingerprint density at radius 3 is 1.90 bits per heavy atom. The van der Waals surface area contributed by atoms with Crippen molar-refractivity contribution < 1.29 is 23.1 Å². The fraction of sp³-hybridized carbons (Fsp3) is 0.500. The van der Waals surface area contributed by atoms with E-state index in [9.17, 15) is 18.0 Å². The first-order chi connectivity index (χ1) is 9.86. The molecule has 0 radical (unpaired) electrons. The first kappa shape index (κ1) is 21.7. The van der Waals surface area contributed by atoms with Crippen LogP contribution in [-0.2, 0) is 6.18 Å². The van der Waals surface area contributed by atoms with E-state index in [0.717, 1.165) is 24.3 Å². The lowest BCUT2D eigenvalue weighted by molar-refractivity contribution is -0.137. The zero-order chi connectivity index (χ0) is 16.9. The van der Waals surface area contributed by atoms with Gasteiger partial charge in [-0.15, -0.1) is 0 Å². The molecule has 1 rings (SSSR count). The van der Waals surface area contributed by atoms with Gasteiger partial charge in [-0.2, -0.15) is 13.2 Å². The first-order valence-corrected chi connectivity index (χ1v) is 6.68. The quantitative estimate of drug-likeness (QED) is 0.752. The van der Waals surface area contributed by atoms with Gasteiger partial charge in [0.25, 0.3) is 5.91 Å². The minimum Gasteiger partial charge on any atom is -0.397 e. The molecule has 0 aliphatic heterocycles. The van der Waals surface area contributed by atoms with E-state index in [1.807, 2.05) is 13.8 Å². The third-order valence-corrected chi connectivity index (χ3v) is 1.85. The maximum atomic E-state index is 12.2. The average molecular weight is 308 g/mol. The SMILES string of the molecule is CC.CCNNC(=O)c1ccc(C(F)(F)F)cc1.CCO. The smallest absolute Gasteiger partial charge is 0.397 e. The Balaban J connectivity index is 0. The number of amides is 1. The van der Waals surface area contributed by atoms with Gasteiger partial charge in [0.15, 0.2) is 0 Å². The molecule has 0 spiro atoms. The van der Waals surface area contributed by atoms with Gasteiger partial charge in [0.2, 0.25) is 0 Å². The molecular weight excluding hydrogens is 285 g/mol. The molecule has 0 saturated heterocycles. The largest absolute Gasteiger partial charge is 0.416 e. The Kier molecular flexibility index (Phi) is 12.6. The van der Waals surface area contributed by atoms with Gasteiger partial charge in [-0.3, -0.25) is 10.2 Å². The molecule has 122 valence electrons. The fourth-order valence-corrected chi connectivity index (χ4v) is 1.05. The summed E-state index contributed by atoms with van der Waals surface area (Å²) >= 11 is 0. The summed E-state index contributed by atoms with van der Waals surface area (Å²) in [6, 6.07) is 4.02. The van der Waals surface area contributed by atoms with Gasteiger partial charge in [-0.1, -0.05) is 20.8 Å². The topological polar surface area (TPSA) is 61.4 Å². The molecule has 0 saturated carbocycles. The molecule has 0 aromatic heterocycles. The summed E-state index contributed by atoms with van der Waals surface area (Å²) < 4.78 is 36.6. The standard InChI is InChI=1S/C10H11F3N2O.C2H6O.C2H6/c1-2-14-15-9(16)7-3-5-8(6-4-7)10(11,12)13;1-2-3;1-2/h3-6,14H,2H2,1H3,(H,15,16);3H,2H2,1H3;1-2H3. The molecule has 7 heteroatoms. The van der Waals surface area contributed by atoms with Crippen LogP contribution in [-0.4, -0.2) is 24.2 Å². The molecule has 21 heavy (non-hydrogen) atoms. The highest BCUT2D eigenvalue weighted by atomic mass is 19.4. The van der Waals surface area contributed by atoms with Gasteiger partial charge in [0, 0.05) is 18.7 Å². The third kappa shape index (κ3) is 9.86. The number of benzene rings is 1. The van der Waals surface area contributed by atoms with Crippen molar-refractivity contribution >= 4 is 5.91 Å². The van der Waals surface area contributed by atoms with Gasteiger partial charge in [-0.25, -0.2) is 5.43 Å². The maximum Gasteiger partial charge on any atom is 0.416 e. The predicted molar refractivity (Wildman–Crippen MR) is 76.7 cm³/mol. The van der Waals surface area contributed by atoms with Crippen LogP contribution < -0.4 is 10.9 Å². The number of aliphatic hydroxyl groups excluding tert-OH is 1. The normalized spacial score (nSPS) is 9.71. The molecule has 1 aromatic rings. The summed E-state index contributed by atoms with van der Waals surface area (Å²) in [5, 5.41) is 7.57. The molecule has 4 nitrogen and oxygen atoms in total. The number of nitrogens with one attached hydrogen (secondary N) is 2. The summed E-state index contributed by atoms with van der Waals surface area (Å²) in [5.74, 6) is -0.462. The number of aliphatic hydroxyl groups is 1. The van der Waals surface area contributed by atoms with Crippen molar-refractivity contribution in [3.63, 3.8) is 0 Å². The van der Waals surface area contributed by atoms with Crippen molar-refractivity contribution in [1.82, 2.24) is 10.9 Å². The van der Waals surface area contributed by atoms with E-state index in [2.05, 4.69) is 10.9 Å². The molecule has 0 heterocycles. The van der Waals surface area contributed by atoms with E-state index < -0.39 is 17.6 Å². The lowest BCUT2D eigenvalue weighted by Gasteiger charge is -2.08. The van der Waals surface area contributed by atoms with Crippen LogP contribution in [0.5, 0.6) is 0 Å². The molecule has 0 atom stereocenters. The summed E-state index contributed by atoms with van der Waals surface area (Å²) in [4.78, 5) is 11.3. The second-order valence-electron chi connectivity index (χ2n) is 3.38. The lowest BCUT2D eigenvalue weighted by atomic mass is 10.1. The first-order valence-electron chi connectivity index (χ1n) is 6.68. The Labute approximate surface area is 123 Å². The van der Waals surface area contributed by atoms with Crippen molar-refractivity contribution in [1.29, 1.82) is 0 Å². The fourth-order valence-electron chi connectivity index (χ4n) is 1.05. The third-order valence-electron chi connectivity index (χ3n) is 1.85. The van der Waals surface area contributed by atoms with Crippen molar-refractivity contribution in [3.8, 4) is 0 Å². The van der Waals surface area contributed by atoms with Crippen molar-refractivity contribution in [2.75, 3.05) is 13.2 Å². The Morgan fingerprint density at radius 1 is 1.14 bits per heavy atom. The van der Waals surface area contributed by atoms with Crippen LogP contribution in [0.15, 0.2) is 24.3 Å². The molecule has 1 aromatic carbocycles. The molecule has 0 bridgehead atoms. The molecule has 0 aliphatic carbocycles. The number of carbonyl (C=O) groups excluding carboxylic acids is 1. The van der Waals surface area contributed by atoms with Crippen LogP contribution in [0.1, 0.15) is 43.6 Å². The Bertz CT molecular complexity index is 379. The maximum absolute atomic E-state index is 12.2. The van der Waals surface area contributed by atoms with Crippen LogP contribution in [0.2, 0.25) is 0 Å². The Hall–Kier alpha value is -1.60. The molecule has 1 amide bonds. The summed E-state index contributed by atoms with van der Waals surface area (Å²) in [6.07, 6.45) is -4.38. The number of carbonyl (C=O) groups is 1. The van der Waals surface area contributed by atoms with Crippen LogP contribution in [0.4, 0.5) is 13.2 Å². The molecule has 0 unspecified atom stereocenters. The molecule has 0 aliphatic rings. The summed E-state index contributed by atoms with van der Waals surface area (Å²) in [7, 11) is 0. The summed E-state index contributed by atoms with van der Waals surface area (Å²) in [5.41, 5.74) is 4.31. The highest BCUT2D eigenvalue weighted by molar-refractivity contribution is 5.93. The average Bonchev–Trinajstić information content (AvgIpc) is 2.47. The zero-order valence-electron chi connectivity index (χ0n) is 12.7. The summed E-state index contributed by atoms with van der Waals surface area (Å²) in [6.45, 7) is 8.25. The van der Waals surface area contributed by atoms with E-state index >= 15 is 0 Å². The monoisotopic (exact) mass is 308 g/mol. The second-order valence-corrected chi connectivity index (χ2v) is 3.38. The van der Waals surface area contributed by atoms with Gasteiger partial charge in [0.05, 0.1) is 5.56 Å². The van der Waals surface area contributed by atoms with E-state index in [0.29, 0.717) is 6.54 Å². The van der Waals surface area contributed by atoms with Gasteiger partial charge in [0.1, 0.15) is 0 Å². The number of hydrogen-bond acceptors (Lipinski definition) is 3. The second kappa shape index (κ2) is 12.2. The van der Waals surface area contributed by atoms with Crippen LogP contribution in [0.3, 0.4) is 0 Å². The lowest BCUT2D eigenvalue weighted by Crippen LogP contribution is -2.37. The van der Waals surface area contributed by atoms with E-state index in [1.54, 1.807) is 13.8 Å². The van der Waals surface area contributed by atoms with Crippen molar-refractivity contribution in [2.24, 2.45) is 0 Å². The number of hydrogen-bond donors (Lipinski definition) is 3. The number of halogens is 3. The predicted octanol–water partition coefficient (Wildman–Crippen LogP) is 2.98. The minimum atomic E-state index is -4.38. The number of rotatable bonds is 3. The van der Waals surface area contributed by atoms with E-state index in [-0.39, 0.29) is 12.2 Å². The number of alkyl halides is 3. The van der Waals surface area contributed by atoms with Crippen molar-refractivity contribution in [2.45, 2.75) is 33.9 Å². The van der Waals surface area contributed by atoms with E-state index in [4.69, 9.17) is 5.11 Å². The van der Waals surface area contributed by atoms with Gasteiger partial charge < -0.3 is 5.11 Å². The van der Waals surface area contributed by atoms with Crippen LogP contribution >= 0.6 is 0 Å². The van der Waals surface area contributed by atoms with Crippen molar-refractivity contribution in [3.05, 3.63) is 35.4 Å².